The fourth-order valence-corrected chi connectivity index (χ4v) is 4.71. The monoisotopic (exact) mass is 380 g/mol. The predicted octanol–water partition coefficient (Wildman–Crippen LogP) is 7.46. The van der Waals surface area contributed by atoms with Gasteiger partial charge in [0.2, 0.25) is 5.75 Å². The second kappa shape index (κ2) is 7.73. The zero-order valence-electron chi connectivity index (χ0n) is 14.9. The average molecular weight is 380 g/mol. The quantitative estimate of drug-likeness (QED) is 0.495. The van der Waals surface area contributed by atoms with E-state index in [-0.39, 0.29) is 8.77 Å². The van der Waals surface area contributed by atoms with Crippen LogP contribution in [0.25, 0.3) is 0 Å². The molecule has 0 aliphatic heterocycles. The highest BCUT2D eigenvalue weighted by atomic mass is 19.4. The van der Waals surface area contributed by atoms with Crippen LogP contribution >= 0.6 is 0 Å². The van der Waals surface area contributed by atoms with Gasteiger partial charge in [0.1, 0.15) is 0 Å². The lowest BCUT2D eigenvalue weighted by molar-refractivity contribution is -0.276. The van der Waals surface area contributed by atoms with Gasteiger partial charge in [0, 0.05) is 2.85 Å². The Hall–Kier alpha value is -1.33. The van der Waals surface area contributed by atoms with Crippen molar-refractivity contribution in [3.8, 4) is 5.75 Å². The summed E-state index contributed by atoms with van der Waals surface area (Å²) in [5.74, 6) is -1.72. The Morgan fingerprint density at radius 1 is 0.846 bits per heavy atom. The van der Waals surface area contributed by atoms with Crippen molar-refractivity contribution in [2.75, 3.05) is 0 Å². The first-order valence-corrected chi connectivity index (χ1v) is 9.47. The molecule has 6 heteroatoms. The van der Waals surface area contributed by atoms with Crippen molar-refractivity contribution in [1.29, 1.82) is 0 Å². The van der Waals surface area contributed by atoms with E-state index >= 15 is 0 Å². The maximum absolute atomic E-state index is 13.9. The van der Waals surface area contributed by atoms with Crippen molar-refractivity contribution in [2.24, 2.45) is 17.8 Å². The summed E-state index contributed by atoms with van der Waals surface area (Å²) in [6.45, 7) is 2.29. The molecule has 0 aromatic heterocycles. The summed E-state index contributed by atoms with van der Waals surface area (Å²) < 4.78 is 68.1. The van der Waals surface area contributed by atoms with Gasteiger partial charge in [0.05, 0.1) is 0 Å². The molecule has 2 fully saturated rings. The number of benzene rings is 1. The highest BCUT2D eigenvalue weighted by Crippen LogP contribution is 2.44. The lowest BCUT2D eigenvalue weighted by Gasteiger charge is -2.37. The number of hydrogen-bond donors (Lipinski definition) is 0. The van der Waals surface area contributed by atoms with Crippen molar-refractivity contribution in [3.05, 3.63) is 29.3 Å². The first-order chi connectivity index (χ1) is 12.2. The third kappa shape index (κ3) is 4.68. The van der Waals surface area contributed by atoms with E-state index in [0.29, 0.717) is 11.5 Å². The number of hydrogen-bond acceptors (Lipinski definition) is 1. The summed E-state index contributed by atoms with van der Waals surface area (Å²) in [6, 6.07) is 1.99. The third-order valence-electron chi connectivity index (χ3n) is 6.21. The van der Waals surface area contributed by atoms with Crippen LogP contribution in [0.15, 0.2) is 12.1 Å². The van der Waals surface area contributed by atoms with Crippen LogP contribution in [-0.4, -0.2) is 6.36 Å². The molecule has 0 spiro atoms. The summed E-state index contributed by atoms with van der Waals surface area (Å²) in [7, 11) is 0. The average Bonchev–Trinajstić information content (AvgIpc) is 2.58. The largest absolute Gasteiger partial charge is 0.573 e. The van der Waals surface area contributed by atoms with Crippen LogP contribution in [0, 0.1) is 29.4 Å². The Morgan fingerprint density at radius 3 is 1.77 bits per heavy atom. The molecular formula is C20H29F5O. The van der Waals surface area contributed by atoms with Gasteiger partial charge < -0.3 is 4.74 Å². The topological polar surface area (TPSA) is 9.23 Å². The molecule has 0 unspecified atom stereocenters. The number of alkyl halides is 3. The summed E-state index contributed by atoms with van der Waals surface area (Å²) in [5, 5.41) is 0. The fourth-order valence-electron chi connectivity index (χ4n) is 4.71. The Morgan fingerprint density at radius 2 is 1.31 bits per heavy atom. The van der Waals surface area contributed by atoms with Crippen molar-refractivity contribution in [1.82, 2.24) is 0 Å². The molecule has 3 rings (SSSR count). The molecule has 26 heavy (non-hydrogen) atoms. The van der Waals surface area contributed by atoms with Crippen molar-refractivity contribution in [3.63, 3.8) is 0 Å². The van der Waals surface area contributed by atoms with Gasteiger partial charge in [-0.2, -0.15) is 0 Å². The van der Waals surface area contributed by atoms with Gasteiger partial charge in [0.25, 0.3) is 0 Å². The van der Waals surface area contributed by atoms with E-state index in [9.17, 15) is 22.0 Å². The fraction of sp³-hybridized carbons (Fsp3) is 0.700. The molecule has 0 heterocycles. The van der Waals surface area contributed by atoms with E-state index in [2.05, 4.69) is 11.7 Å². The van der Waals surface area contributed by atoms with Gasteiger partial charge in [-0.3, -0.25) is 0 Å². The van der Waals surface area contributed by atoms with Gasteiger partial charge in [-0.1, -0.05) is 19.8 Å². The Balaban J connectivity index is 0.00000196. The molecule has 0 N–H and O–H groups in total. The standard InChI is InChI=1S/C20H25F5O.2H2/c1-12-2-4-13(5-3-12)14-6-8-15(9-7-14)16-10-17(21)19(18(22)11-16)26-20(23,24)25;;/h10-15H,2-9H2,1H3;2*1H. The molecule has 0 atom stereocenters. The first kappa shape index (κ1) is 19.4. The van der Waals surface area contributed by atoms with E-state index < -0.39 is 23.7 Å². The van der Waals surface area contributed by atoms with Crippen molar-refractivity contribution >= 4 is 0 Å². The van der Waals surface area contributed by atoms with E-state index in [1.54, 1.807) is 0 Å². The summed E-state index contributed by atoms with van der Waals surface area (Å²) in [6.07, 6.45) is 3.68. The molecule has 2 saturated carbocycles. The first-order valence-electron chi connectivity index (χ1n) is 9.47. The van der Waals surface area contributed by atoms with Gasteiger partial charge in [-0.05, 0) is 79.9 Å². The zero-order valence-corrected chi connectivity index (χ0v) is 14.9. The second-order valence-corrected chi connectivity index (χ2v) is 7.99. The van der Waals surface area contributed by atoms with Gasteiger partial charge in [0.15, 0.2) is 11.6 Å². The van der Waals surface area contributed by atoms with Crippen LogP contribution in [0.4, 0.5) is 22.0 Å². The molecule has 0 saturated heterocycles. The molecule has 2 aliphatic rings. The van der Waals surface area contributed by atoms with Crippen LogP contribution in [-0.2, 0) is 0 Å². The van der Waals surface area contributed by atoms with Gasteiger partial charge in [-0.15, -0.1) is 13.2 Å². The molecule has 0 amide bonds. The minimum Gasteiger partial charge on any atom is -0.399 e. The van der Waals surface area contributed by atoms with Crippen LogP contribution < -0.4 is 4.74 Å². The normalized spacial score (nSPS) is 30.2. The second-order valence-electron chi connectivity index (χ2n) is 7.99. The molecule has 2 aliphatic carbocycles. The summed E-state index contributed by atoms with van der Waals surface area (Å²) >= 11 is 0. The minimum absolute atomic E-state index is 0. The molecule has 0 bridgehead atoms. The van der Waals surface area contributed by atoms with Crippen molar-refractivity contribution in [2.45, 2.75) is 70.6 Å². The van der Waals surface area contributed by atoms with Crippen LogP contribution in [0.5, 0.6) is 5.75 Å². The maximum atomic E-state index is 13.9. The third-order valence-corrected chi connectivity index (χ3v) is 6.21. The number of rotatable bonds is 3. The summed E-state index contributed by atoms with van der Waals surface area (Å²) in [5.41, 5.74) is 0.435. The van der Waals surface area contributed by atoms with Gasteiger partial charge in [-0.25, -0.2) is 8.78 Å². The molecule has 150 valence electrons. The lowest BCUT2D eigenvalue weighted by atomic mass is 9.68. The predicted molar refractivity (Wildman–Crippen MR) is 93.1 cm³/mol. The highest BCUT2D eigenvalue weighted by molar-refractivity contribution is 5.33. The van der Waals surface area contributed by atoms with E-state index in [1.807, 2.05) is 0 Å². The Labute approximate surface area is 153 Å². The molecule has 0 radical (unpaired) electrons. The molecule has 1 nitrogen and oxygen atoms in total. The molecule has 1 aromatic carbocycles. The van der Waals surface area contributed by atoms with Crippen LogP contribution in [0.3, 0.4) is 0 Å². The number of ether oxygens (including phenoxy) is 1. The minimum atomic E-state index is -5.11. The summed E-state index contributed by atoms with van der Waals surface area (Å²) in [4.78, 5) is 0. The van der Waals surface area contributed by atoms with Gasteiger partial charge >= 0.3 is 6.36 Å². The smallest absolute Gasteiger partial charge is 0.399 e. The Bertz CT molecular complexity index is 599. The lowest BCUT2D eigenvalue weighted by Crippen LogP contribution is -2.25. The van der Waals surface area contributed by atoms with E-state index in [0.717, 1.165) is 49.7 Å². The SMILES string of the molecule is CC1CCC(C2CCC(c3cc(F)c(OC(F)(F)F)c(F)c3)CC2)CC1.[HH].[HH]. The molecular weight excluding hydrogens is 351 g/mol. The van der Waals surface area contributed by atoms with Crippen LogP contribution in [0.1, 0.15) is 72.6 Å². The Kier molecular flexibility index (Phi) is 5.78. The maximum Gasteiger partial charge on any atom is 0.573 e. The van der Waals surface area contributed by atoms with E-state index in [1.165, 1.54) is 25.7 Å². The number of halogens is 5. The van der Waals surface area contributed by atoms with Crippen molar-refractivity contribution < 1.29 is 29.5 Å². The zero-order chi connectivity index (χ0) is 18.9. The van der Waals surface area contributed by atoms with E-state index in [4.69, 9.17) is 0 Å². The molecule has 1 aromatic rings. The van der Waals surface area contributed by atoms with Crippen LogP contribution in [0.2, 0.25) is 0 Å². The highest BCUT2D eigenvalue weighted by Gasteiger charge is 2.35.